The summed E-state index contributed by atoms with van der Waals surface area (Å²) in [6.45, 7) is 5.75. The summed E-state index contributed by atoms with van der Waals surface area (Å²) in [5.74, 6) is 3.56. The van der Waals surface area contributed by atoms with Gasteiger partial charge in [-0.15, -0.1) is 0 Å². The van der Waals surface area contributed by atoms with Crippen LogP contribution in [0.15, 0.2) is 36.4 Å². The smallest absolute Gasteiger partial charge is 0.138 e. The maximum Gasteiger partial charge on any atom is 0.138 e. The third-order valence-electron chi connectivity index (χ3n) is 5.48. The van der Waals surface area contributed by atoms with Gasteiger partial charge in [0.05, 0.1) is 24.7 Å². The Bertz CT molecular complexity index is 946. The first-order valence-corrected chi connectivity index (χ1v) is 9.66. The average molecular weight is 380 g/mol. The lowest BCUT2D eigenvalue weighted by Gasteiger charge is -2.33. The number of fused-ring (bicyclic) bond motifs is 7. The molecule has 28 heavy (non-hydrogen) atoms. The molecule has 0 fully saturated rings. The molecule has 2 aromatic carbocycles. The van der Waals surface area contributed by atoms with Crippen molar-refractivity contribution < 1.29 is 23.7 Å². The molecule has 0 radical (unpaired) electrons. The minimum atomic E-state index is -0.308. The zero-order valence-corrected chi connectivity index (χ0v) is 16.4. The van der Waals surface area contributed by atoms with Crippen molar-refractivity contribution in [2.24, 2.45) is 0 Å². The lowest BCUT2D eigenvalue weighted by molar-refractivity contribution is 0.133. The van der Waals surface area contributed by atoms with Crippen LogP contribution in [0.2, 0.25) is 0 Å². The van der Waals surface area contributed by atoms with E-state index in [2.05, 4.69) is 24.3 Å². The predicted octanol–water partition coefficient (Wildman–Crippen LogP) is 4.51. The summed E-state index contributed by atoms with van der Waals surface area (Å²) in [7, 11) is 1.66. The molecule has 2 atom stereocenters. The predicted molar refractivity (Wildman–Crippen MR) is 106 cm³/mol. The van der Waals surface area contributed by atoms with Crippen LogP contribution in [0.3, 0.4) is 0 Å². The number of rotatable bonds is 4. The van der Waals surface area contributed by atoms with Gasteiger partial charge in [-0.3, -0.25) is 0 Å². The first-order chi connectivity index (χ1) is 13.6. The normalized spacial score (nSPS) is 22.7. The number of methoxy groups -OCH3 is 1. The standard InChI is InChI=1S/C23H24O5/c1-23(2)9-8-16-19(28-23)7-6-17-21(16)26-13-18-15-5-4-14(25-11-10-24-3)12-20(15)27-22(17)18/h4-9,12,18,22H,10-11,13H2,1-3H3/t18-,22-/m0/s1. The maximum absolute atomic E-state index is 6.36. The monoisotopic (exact) mass is 380 g/mol. The Morgan fingerprint density at radius 1 is 1.07 bits per heavy atom. The topological polar surface area (TPSA) is 46.2 Å². The van der Waals surface area contributed by atoms with Crippen molar-refractivity contribution in [1.82, 2.24) is 0 Å². The van der Waals surface area contributed by atoms with Crippen molar-refractivity contribution in [2.75, 3.05) is 26.9 Å². The Balaban J connectivity index is 1.45. The molecule has 0 saturated carbocycles. The van der Waals surface area contributed by atoms with Crippen molar-refractivity contribution in [3.63, 3.8) is 0 Å². The lowest BCUT2D eigenvalue weighted by atomic mass is 9.87. The number of hydrogen-bond donors (Lipinski definition) is 0. The first kappa shape index (κ1) is 17.4. The number of hydrogen-bond acceptors (Lipinski definition) is 5. The van der Waals surface area contributed by atoms with Gasteiger partial charge in [-0.05, 0) is 44.2 Å². The SMILES string of the molecule is COCCOc1ccc2c(c1)O[C@H]1c3ccc4c(c3OC[C@@H]21)C=CC(C)(C)O4. The van der Waals surface area contributed by atoms with Crippen LogP contribution < -0.4 is 18.9 Å². The Hall–Kier alpha value is -2.66. The molecule has 3 heterocycles. The van der Waals surface area contributed by atoms with Crippen LogP contribution >= 0.6 is 0 Å². The zero-order chi connectivity index (χ0) is 19.3. The van der Waals surface area contributed by atoms with Crippen LogP contribution in [0.25, 0.3) is 6.08 Å². The van der Waals surface area contributed by atoms with Gasteiger partial charge in [0.15, 0.2) is 0 Å². The van der Waals surface area contributed by atoms with Gasteiger partial charge in [-0.25, -0.2) is 0 Å². The van der Waals surface area contributed by atoms with E-state index in [-0.39, 0.29) is 17.6 Å². The molecular weight excluding hydrogens is 356 g/mol. The molecule has 0 spiro atoms. The van der Waals surface area contributed by atoms with Gasteiger partial charge in [0.25, 0.3) is 0 Å². The quantitative estimate of drug-likeness (QED) is 0.731. The van der Waals surface area contributed by atoms with E-state index >= 15 is 0 Å². The van der Waals surface area contributed by atoms with Crippen LogP contribution in [-0.4, -0.2) is 32.5 Å². The van der Waals surface area contributed by atoms with Gasteiger partial charge < -0.3 is 23.7 Å². The molecule has 0 aliphatic carbocycles. The second-order valence-corrected chi connectivity index (χ2v) is 7.93. The fraction of sp³-hybridized carbons (Fsp3) is 0.391. The maximum atomic E-state index is 6.36. The van der Waals surface area contributed by atoms with E-state index in [0.29, 0.717) is 19.8 Å². The van der Waals surface area contributed by atoms with E-state index < -0.39 is 0 Å². The molecular formula is C23H24O5. The van der Waals surface area contributed by atoms with Crippen LogP contribution in [0.1, 0.15) is 42.6 Å². The minimum Gasteiger partial charge on any atom is -0.492 e. The van der Waals surface area contributed by atoms with Gasteiger partial charge in [0, 0.05) is 24.3 Å². The molecule has 146 valence electrons. The number of benzene rings is 2. The Labute approximate surface area is 164 Å². The zero-order valence-electron chi connectivity index (χ0n) is 16.4. The van der Waals surface area contributed by atoms with Crippen LogP contribution in [0.4, 0.5) is 0 Å². The lowest BCUT2D eigenvalue weighted by Crippen LogP contribution is -2.29. The summed E-state index contributed by atoms with van der Waals surface area (Å²) in [5, 5.41) is 0. The molecule has 2 aromatic rings. The fourth-order valence-electron chi connectivity index (χ4n) is 4.10. The van der Waals surface area contributed by atoms with E-state index in [0.717, 1.165) is 34.1 Å². The first-order valence-electron chi connectivity index (χ1n) is 9.66. The van der Waals surface area contributed by atoms with Gasteiger partial charge in [0.2, 0.25) is 0 Å². The Kier molecular flexibility index (Phi) is 4.02. The largest absolute Gasteiger partial charge is 0.492 e. The van der Waals surface area contributed by atoms with E-state index in [1.165, 1.54) is 5.56 Å². The van der Waals surface area contributed by atoms with Gasteiger partial charge in [-0.2, -0.15) is 0 Å². The van der Waals surface area contributed by atoms with E-state index in [1.807, 2.05) is 32.0 Å². The molecule has 5 nitrogen and oxygen atoms in total. The van der Waals surface area contributed by atoms with Gasteiger partial charge >= 0.3 is 0 Å². The Morgan fingerprint density at radius 2 is 1.93 bits per heavy atom. The second kappa shape index (κ2) is 6.45. The molecule has 0 amide bonds. The van der Waals surface area contributed by atoms with E-state index in [4.69, 9.17) is 23.7 Å². The van der Waals surface area contributed by atoms with Crippen LogP contribution in [0.5, 0.6) is 23.0 Å². The van der Waals surface area contributed by atoms with Crippen LogP contribution in [-0.2, 0) is 4.74 Å². The molecule has 0 saturated heterocycles. The second-order valence-electron chi connectivity index (χ2n) is 7.93. The fourth-order valence-corrected chi connectivity index (χ4v) is 4.10. The number of ether oxygens (including phenoxy) is 5. The third-order valence-corrected chi connectivity index (χ3v) is 5.48. The van der Waals surface area contributed by atoms with Gasteiger partial charge in [0.1, 0.15) is 41.3 Å². The highest BCUT2D eigenvalue weighted by Crippen LogP contribution is 2.54. The van der Waals surface area contributed by atoms with E-state index in [1.54, 1.807) is 7.11 Å². The highest BCUT2D eigenvalue weighted by molar-refractivity contribution is 5.70. The Morgan fingerprint density at radius 3 is 2.79 bits per heavy atom. The highest BCUT2D eigenvalue weighted by atomic mass is 16.5. The van der Waals surface area contributed by atoms with Crippen molar-refractivity contribution in [3.05, 3.63) is 53.1 Å². The molecule has 0 bridgehead atoms. The summed E-state index contributed by atoms with van der Waals surface area (Å²) in [6, 6.07) is 10.1. The average Bonchev–Trinajstić information content (AvgIpc) is 3.05. The minimum absolute atomic E-state index is 0.0541. The summed E-state index contributed by atoms with van der Waals surface area (Å²) in [5.41, 5.74) is 2.93. The molecule has 0 N–H and O–H groups in total. The summed E-state index contributed by atoms with van der Waals surface area (Å²) in [4.78, 5) is 0. The van der Waals surface area contributed by atoms with Crippen molar-refractivity contribution >= 4 is 6.08 Å². The summed E-state index contributed by atoms with van der Waals surface area (Å²) >= 11 is 0. The molecule has 3 aliphatic rings. The summed E-state index contributed by atoms with van der Waals surface area (Å²) < 4.78 is 29.4. The van der Waals surface area contributed by atoms with Crippen molar-refractivity contribution in [2.45, 2.75) is 31.5 Å². The molecule has 0 aromatic heterocycles. The van der Waals surface area contributed by atoms with Crippen molar-refractivity contribution in [3.8, 4) is 23.0 Å². The van der Waals surface area contributed by atoms with Gasteiger partial charge in [-0.1, -0.05) is 6.07 Å². The molecule has 0 unspecified atom stereocenters. The van der Waals surface area contributed by atoms with E-state index in [9.17, 15) is 0 Å². The molecule has 5 heteroatoms. The molecule has 3 aliphatic heterocycles. The third kappa shape index (κ3) is 2.81. The van der Waals surface area contributed by atoms with Crippen LogP contribution in [0, 0.1) is 0 Å². The van der Waals surface area contributed by atoms with Crippen molar-refractivity contribution in [1.29, 1.82) is 0 Å². The summed E-state index contributed by atoms with van der Waals surface area (Å²) in [6.07, 6.45) is 4.11. The molecule has 5 rings (SSSR count). The highest BCUT2D eigenvalue weighted by Gasteiger charge is 2.42.